The van der Waals surface area contributed by atoms with E-state index in [2.05, 4.69) is 40.1 Å². The van der Waals surface area contributed by atoms with Gasteiger partial charge in [0.1, 0.15) is 0 Å². The molecule has 1 aromatic rings. The standard InChI is InChI=1S/C13H17N3O/c1-9(15-16-13(17)14-2)11-8-12(11)10-6-4-3-5-7-10/h3-7,11-12H,8H2,1-2H3,(H2,14,16,17). The van der Waals surface area contributed by atoms with E-state index in [0.717, 1.165) is 12.1 Å². The van der Waals surface area contributed by atoms with Crippen LogP contribution in [-0.2, 0) is 0 Å². The van der Waals surface area contributed by atoms with Crippen molar-refractivity contribution in [1.29, 1.82) is 0 Å². The van der Waals surface area contributed by atoms with Gasteiger partial charge in [-0.3, -0.25) is 0 Å². The van der Waals surface area contributed by atoms with Crippen molar-refractivity contribution < 1.29 is 4.79 Å². The SMILES string of the molecule is CNC(=O)NN=C(C)C1CC1c1ccccc1. The van der Waals surface area contributed by atoms with Gasteiger partial charge in [-0.2, -0.15) is 5.10 Å². The minimum atomic E-state index is -0.277. The molecule has 1 aromatic carbocycles. The Hall–Kier alpha value is -1.84. The van der Waals surface area contributed by atoms with Crippen LogP contribution in [0.4, 0.5) is 4.79 Å². The lowest BCUT2D eigenvalue weighted by atomic mass is 10.1. The van der Waals surface area contributed by atoms with Crippen molar-refractivity contribution in [2.45, 2.75) is 19.3 Å². The number of rotatable bonds is 3. The molecule has 2 rings (SSSR count). The van der Waals surface area contributed by atoms with Crippen LogP contribution in [0.5, 0.6) is 0 Å². The second-order valence-corrected chi connectivity index (χ2v) is 4.30. The van der Waals surface area contributed by atoms with E-state index in [-0.39, 0.29) is 6.03 Å². The number of hydrazone groups is 1. The largest absolute Gasteiger partial charge is 0.340 e. The van der Waals surface area contributed by atoms with Crippen LogP contribution in [0.2, 0.25) is 0 Å². The molecule has 1 saturated carbocycles. The van der Waals surface area contributed by atoms with Gasteiger partial charge >= 0.3 is 6.03 Å². The Morgan fingerprint density at radius 3 is 2.71 bits per heavy atom. The zero-order chi connectivity index (χ0) is 12.3. The molecule has 0 aromatic heterocycles. The third-order valence-corrected chi connectivity index (χ3v) is 3.12. The van der Waals surface area contributed by atoms with Gasteiger partial charge in [-0.25, -0.2) is 10.2 Å². The van der Waals surface area contributed by atoms with E-state index in [4.69, 9.17) is 0 Å². The summed E-state index contributed by atoms with van der Waals surface area (Å²) in [6, 6.07) is 10.1. The third kappa shape index (κ3) is 2.84. The first-order valence-corrected chi connectivity index (χ1v) is 5.79. The highest BCUT2D eigenvalue weighted by Gasteiger charge is 2.40. The zero-order valence-corrected chi connectivity index (χ0v) is 10.1. The van der Waals surface area contributed by atoms with Crippen molar-refractivity contribution in [3.63, 3.8) is 0 Å². The molecule has 17 heavy (non-hydrogen) atoms. The van der Waals surface area contributed by atoms with Crippen molar-refractivity contribution in [1.82, 2.24) is 10.7 Å². The fraction of sp³-hybridized carbons (Fsp3) is 0.385. The summed E-state index contributed by atoms with van der Waals surface area (Å²) < 4.78 is 0. The summed E-state index contributed by atoms with van der Waals surface area (Å²) in [4.78, 5) is 11.0. The van der Waals surface area contributed by atoms with Crippen LogP contribution < -0.4 is 10.7 Å². The lowest BCUT2D eigenvalue weighted by molar-refractivity contribution is 0.243. The van der Waals surface area contributed by atoms with E-state index in [9.17, 15) is 4.79 Å². The van der Waals surface area contributed by atoms with Crippen molar-refractivity contribution in [2.24, 2.45) is 11.0 Å². The molecular weight excluding hydrogens is 214 g/mol. The summed E-state index contributed by atoms with van der Waals surface area (Å²) in [6.07, 6.45) is 1.12. The molecule has 90 valence electrons. The zero-order valence-electron chi connectivity index (χ0n) is 10.1. The normalized spacial score (nSPS) is 23.1. The van der Waals surface area contributed by atoms with Gasteiger partial charge in [-0.15, -0.1) is 0 Å². The molecule has 0 radical (unpaired) electrons. The first kappa shape index (κ1) is 11.6. The van der Waals surface area contributed by atoms with Gasteiger partial charge in [-0.1, -0.05) is 30.3 Å². The van der Waals surface area contributed by atoms with Gasteiger partial charge in [0.15, 0.2) is 0 Å². The summed E-state index contributed by atoms with van der Waals surface area (Å²) in [7, 11) is 1.57. The van der Waals surface area contributed by atoms with Gasteiger partial charge < -0.3 is 5.32 Å². The lowest BCUT2D eigenvalue weighted by Gasteiger charge is -2.02. The fourth-order valence-electron chi connectivity index (χ4n) is 2.00. The van der Waals surface area contributed by atoms with E-state index in [1.165, 1.54) is 5.56 Å². The maximum absolute atomic E-state index is 11.0. The number of nitrogens with zero attached hydrogens (tertiary/aromatic N) is 1. The molecule has 1 fully saturated rings. The minimum absolute atomic E-state index is 0.277. The summed E-state index contributed by atoms with van der Waals surface area (Å²) in [6.45, 7) is 1.96. The smallest absolute Gasteiger partial charge is 0.334 e. The summed E-state index contributed by atoms with van der Waals surface area (Å²) in [5.41, 5.74) is 4.81. The number of hydrogen-bond donors (Lipinski definition) is 2. The topological polar surface area (TPSA) is 53.5 Å². The van der Waals surface area contributed by atoms with Gasteiger partial charge in [0.25, 0.3) is 0 Å². The third-order valence-electron chi connectivity index (χ3n) is 3.12. The Labute approximate surface area is 101 Å². The van der Waals surface area contributed by atoms with E-state index in [1.807, 2.05) is 13.0 Å². The summed E-state index contributed by atoms with van der Waals surface area (Å²) in [5, 5.41) is 6.55. The Morgan fingerprint density at radius 1 is 1.35 bits per heavy atom. The Morgan fingerprint density at radius 2 is 2.06 bits per heavy atom. The first-order chi connectivity index (χ1) is 8.22. The molecule has 1 aliphatic carbocycles. The molecule has 2 unspecified atom stereocenters. The molecule has 0 aliphatic heterocycles. The second-order valence-electron chi connectivity index (χ2n) is 4.30. The average Bonchev–Trinajstić information content (AvgIpc) is 3.17. The van der Waals surface area contributed by atoms with Crippen LogP contribution in [0.3, 0.4) is 0 Å². The van der Waals surface area contributed by atoms with Gasteiger partial charge in [0.2, 0.25) is 0 Å². The van der Waals surface area contributed by atoms with Crippen molar-refractivity contribution in [3.8, 4) is 0 Å². The monoisotopic (exact) mass is 231 g/mol. The van der Waals surface area contributed by atoms with Crippen LogP contribution in [0.1, 0.15) is 24.8 Å². The fourth-order valence-corrected chi connectivity index (χ4v) is 2.00. The highest BCUT2D eigenvalue weighted by Crippen LogP contribution is 2.48. The number of benzene rings is 1. The average molecular weight is 231 g/mol. The molecule has 4 nitrogen and oxygen atoms in total. The molecule has 0 bridgehead atoms. The van der Waals surface area contributed by atoms with Gasteiger partial charge in [0.05, 0.1) is 0 Å². The highest BCUT2D eigenvalue weighted by atomic mass is 16.2. The number of hydrogen-bond acceptors (Lipinski definition) is 2. The summed E-state index contributed by atoms with van der Waals surface area (Å²) >= 11 is 0. The number of urea groups is 1. The summed E-state index contributed by atoms with van der Waals surface area (Å²) in [5.74, 6) is 1.03. The predicted molar refractivity (Wildman–Crippen MR) is 68.0 cm³/mol. The van der Waals surface area contributed by atoms with Crippen LogP contribution >= 0.6 is 0 Å². The molecule has 0 spiro atoms. The first-order valence-electron chi connectivity index (χ1n) is 5.79. The van der Waals surface area contributed by atoms with Crippen molar-refractivity contribution in [2.75, 3.05) is 7.05 Å². The van der Waals surface area contributed by atoms with Gasteiger partial charge in [-0.05, 0) is 24.8 Å². The maximum Gasteiger partial charge on any atom is 0.334 e. The van der Waals surface area contributed by atoms with Crippen molar-refractivity contribution >= 4 is 11.7 Å². The molecule has 2 atom stereocenters. The highest BCUT2D eigenvalue weighted by molar-refractivity contribution is 5.89. The van der Waals surface area contributed by atoms with Crippen LogP contribution in [0, 0.1) is 5.92 Å². The van der Waals surface area contributed by atoms with E-state index < -0.39 is 0 Å². The Bertz CT molecular complexity index is 428. The van der Waals surface area contributed by atoms with Crippen LogP contribution in [0.25, 0.3) is 0 Å². The second kappa shape index (κ2) is 4.99. The molecule has 0 saturated heterocycles. The molecule has 2 N–H and O–H groups in total. The number of nitrogens with one attached hydrogen (secondary N) is 2. The lowest BCUT2D eigenvalue weighted by Crippen LogP contribution is -2.29. The maximum atomic E-state index is 11.0. The molecule has 4 heteroatoms. The Kier molecular flexibility index (Phi) is 3.42. The minimum Gasteiger partial charge on any atom is -0.340 e. The number of amides is 2. The van der Waals surface area contributed by atoms with Gasteiger partial charge in [0, 0.05) is 18.7 Å². The molecule has 1 aliphatic rings. The predicted octanol–water partition coefficient (Wildman–Crippen LogP) is 2.09. The van der Waals surface area contributed by atoms with Crippen LogP contribution in [0.15, 0.2) is 35.4 Å². The van der Waals surface area contributed by atoms with E-state index in [0.29, 0.717) is 11.8 Å². The molecule has 2 amide bonds. The van der Waals surface area contributed by atoms with E-state index >= 15 is 0 Å². The van der Waals surface area contributed by atoms with Crippen LogP contribution in [-0.4, -0.2) is 18.8 Å². The quantitative estimate of drug-likeness (QED) is 0.607. The number of carbonyl (C=O) groups is 1. The molecule has 0 heterocycles. The Balaban J connectivity index is 1.92. The molecular formula is C13H17N3O. The number of carbonyl (C=O) groups excluding carboxylic acids is 1. The van der Waals surface area contributed by atoms with Crippen molar-refractivity contribution in [3.05, 3.63) is 35.9 Å². The van der Waals surface area contributed by atoms with E-state index in [1.54, 1.807) is 7.05 Å².